The predicted molar refractivity (Wildman–Crippen MR) is 130 cm³/mol. The Bertz CT molecular complexity index is 882. The quantitative estimate of drug-likeness (QED) is 0.485. The van der Waals surface area contributed by atoms with Crippen molar-refractivity contribution in [3.05, 3.63) is 47.0 Å². The lowest BCUT2D eigenvalue weighted by molar-refractivity contribution is 0.265. The number of aromatic nitrogens is 2. The van der Waals surface area contributed by atoms with Gasteiger partial charge in [0.25, 0.3) is 0 Å². The highest BCUT2D eigenvalue weighted by atomic mass is 19.1. The summed E-state index contributed by atoms with van der Waals surface area (Å²) in [6.07, 6.45) is 0.918. The smallest absolute Gasteiger partial charge is 0.191 e. The van der Waals surface area contributed by atoms with E-state index >= 15 is 0 Å². The Morgan fingerprint density at radius 3 is 2.44 bits per heavy atom. The number of halogens is 1. The van der Waals surface area contributed by atoms with Gasteiger partial charge >= 0.3 is 0 Å². The van der Waals surface area contributed by atoms with Crippen molar-refractivity contribution in [3.8, 4) is 0 Å². The van der Waals surface area contributed by atoms with E-state index in [1.165, 1.54) is 23.4 Å². The van der Waals surface area contributed by atoms with E-state index in [2.05, 4.69) is 53.2 Å². The number of nitrogens with one attached hydrogen (secondary N) is 2. The standard InChI is InChI=1S/C24H38FN7/c1-6-26-24(28-18(2)17-23-19(3)29-30(5)20(23)4)27-11-12-31-13-15-32(16-14-31)22-9-7-21(25)8-10-22/h7-10,18H,6,11-17H2,1-5H3,(H2,26,27,28). The topological polar surface area (TPSA) is 60.7 Å². The van der Waals surface area contributed by atoms with Crippen molar-refractivity contribution in [2.45, 2.75) is 40.2 Å². The van der Waals surface area contributed by atoms with Gasteiger partial charge in [0.2, 0.25) is 0 Å². The van der Waals surface area contributed by atoms with Crippen molar-refractivity contribution in [1.82, 2.24) is 25.3 Å². The SMILES string of the molecule is CCNC(=NCCN1CCN(c2ccc(F)cc2)CC1)NC(C)Cc1c(C)nn(C)c1C. The summed E-state index contributed by atoms with van der Waals surface area (Å²) in [4.78, 5) is 9.56. The molecule has 8 heteroatoms. The summed E-state index contributed by atoms with van der Waals surface area (Å²) in [5.41, 5.74) is 4.72. The van der Waals surface area contributed by atoms with Gasteiger partial charge < -0.3 is 15.5 Å². The summed E-state index contributed by atoms with van der Waals surface area (Å²) in [5, 5.41) is 11.4. The van der Waals surface area contributed by atoms with Crippen molar-refractivity contribution >= 4 is 11.6 Å². The van der Waals surface area contributed by atoms with Crippen LogP contribution in [-0.2, 0) is 13.5 Å². The van der Waals surface area contributed by atoms with Gasteiger partial charge in [-0.2, -0.15) is 5.10 Å². The van der Waals surface area contributed by atoms with Gasteiger partial charge in [0, 0.05) is 63.7 Å². The third kappa shape index (κ3) is 6.45. The van der Waals surface area contributed by atoms with Gasteiger partial charge in [-0.05, 0) is 63.9 Å². The Labute approximate surface area is 191 Å². The molecule has 0 radical (unpaired) electrons. The fourth-order valence-corrected chi connectivity index (χ4v) is 4.21. The molecule has 2 N–H and O–H groups in total. The highest BCUT2D eigenvalue weighted by Gasteiger charge is 2.17. The van der Waals surface area contributed by atoms with Gasteiger partial charge in [0.05, 0.1) is 12.2 Å². The van der Waals surface area contributed by atoms with Crippen molar-refractivity contribution in [2.24, 2.45) is 12.0 Å². The summed E-state index contributed by atoms with van der Waals surface area (Å²) in [6, 6.07) is 7.04. The molecule has 7 nitrogen and oxygen atoms in total. The number of anilines is 1. The Morgan fingerprint density at radius 1 is 1.16 bits per heavy atom. The van der Waals surface area contributed by atoms with Crippen LogP contribution >= 0.6 is 0 Å². The second-order valence-corrected chi connectivity index (χ2v) is 8.59. The minimum absolute atomic E-state index is 0.185. The molecule has 32 heavy (non-hydrogen) atoms. The maximum absolute atomic E-state index is 13.1. The fourth-order valence-electron chi connectivity index (χ4n) is 4.21. The van der Waals surface area contributed by atoms with Crippen LogP contribution in [0.15, 0.2) is 29.3 Å². The molecule has 1 aromatic heterocycles. The Kier molecular flexibility index (Phi) is 8.50. The van der Waals surface area contributed by atoms with Crippen LogP contribution in [-0.4, -0.2) is 72.5 Å². The largest absolute Gasteiger partial charge is 0.369 e. The van der Waals surface area contributed by atoms with Crippen LogP contribution in [0.4, 0.5) is 10.1 Å². The third-order valence-electron chi connectivity index (χ3n) is 6.15. The summed E-state index contributed by atoms with van der Waals surface area (Å²) in [7, 11) is 1.99. The number of benzene rings is 1. The highest BCUT2D eigenvalue weighted by Crippen LogP contribution is 2.17. The molecule has 0 bridgehead atoms. The number of piperazine rings is 1. The number of hydrogen-bond donors (Lipinski definition) is 2. The first kappa shape index (κ1) is 24.0. The number of guanidine groups is 1. The van der Waals surface area contributed by atoms with Gasteiger partial charge in [-0.25, -0.2) is 4.39 Å². The lowest BCUT2D eigenvalue weighted by Crippen LogP contribution is -2.47. The Hall–Kier alpha value is -2.61. The molecule has 0 saturated carbocycles. The molecule has 1 fully saturated rings. The van der Waals surface area contributed by atoms with Crippen molar-refractivity contribution in [3.63, 3.8) is 0 Å². The molecule has 2 heterocycles. The molecule has 176 valence electrons. The zero-order valence-electron chi connectivity index (χ0n) is 20.2. The summed E-state index contributed by atoms with van der Waals surface area (Å²) in [5.74, 6) is 0.680. The van der Waals surface area contributed by atoms with E-state index in [4.69, 9.17) is 4.99 Å². The normalized spacial score (nSPS) is 16.3. The van der Waals surface area contributed by atoms with Crippen LogP contribution in [0, 0.1) is 19.7 Å². The molecule has 3 rings (SSSR count). The van der Waals surface area contributed by atoms with E-state index in [9.17, 15) is 4.39 Å². The molecule has 0 amide bonds. The number of nitrogens with zero attached hydrogens (tertiary/aromatic N) is 5. The molecule has 0 spiro atoms. The molecule has 1 aliphatic rings. The third-order valence-corrected chi connectivity index (χ3v) is 6.15. The average Bonchev–Trinajstić information content (AvgIpc) is 3.01. The van der Waals surface area contributed by atoms with Gasteiger partial charge in [-0.1, -0.05) is 0 Å². The number of hydrogen-bond acceptors (Lipinski definition) is 4. The lowest BCUT2D eigenvalue weighted by Gasteiger charge is -2.35. The second kappa shape index (κ2) is 11.3. The lowest BCUT2D eigenvalue weighted by atomic mass is 10.1. The number of aliphatic imine (C=N–C) groups is 1. The molecule has 2 aromatic rings. The van der Waals surface area contributed by atoms with Crippen LogP contribution in [0.25, 0.3) is 0 Å². The summed E-state index contributed by atoms with van der Waals surface area (Å²) < 4.78 is 15.1. The molecule has 1 saturated heterocycles. The first-order chi connectivity index (χ1) is 15.4. The molecule has 1 aliphatic heterocycles. The Balaban J connectivity index is 1.46. The monoisotopic (exact) mass is 443 g/mol. The molecule has 1 aromatic carbocycles. The first-order valence-corrected chi connectivity index (χ1v) is 11.6. The van der Waals surface area contributed by atoms with Crippen LogP contribution in [0.3, 0.4) is 0 Å². The van der Waals surface area contributed by atoms with Crippen molar-refractivity contribution in [2.75, 3.05) is 50.7 Å². The predicted octanol–water partition coefficient (Wildman–Crippen LogP) is 2.48. The minimum Gasteiger partial charge on any atom is -0.369 e. The van der Waals surface area contributed by atoms with Gasteiger partial charge in [0.1, 0.15) is 5.82 Å². The van der Waals surface area contributed by atoms with E-state index < -0.39 is 0 Å². The van der Waals surface area contributed by atoms with Crippen LogP contribution in [0.5, 0.6) is 0 Å². The molecule has 1 unspecified atom stereocenters. The Morgan fingerprint density at radius 2 is 1.84 bits per heavy atom. The van der Waals surface area contributed by atoms with Crippen LogP contribution in [0.1, 0.15) is 30.8 Å². The van der Waals surface area contributed by atoms with E-state index in [-0.39, 0.29) is 11.9 Å². The van der Waals surface area contributed by atoms with E-state index in [1.807, 2.05) is 23.9 Å². The number of aryl methyl sites for hydroxylation is 2. The average molecular weight is 444 g/mol. The maximum atomic E-state index is 13.1. The maximum Gasteiger partial charge on any atom is 0.191 e. The molecular weight excluding hydrogens is 405 g/mol. The number of rotatable bonds is 8. The van der Waals surface area contributed by atoms with Crippen LogP contribution < -0.4 is 15.5 Å². The van der Waals surface area contributed by atoms with E-state index in [0.29, 0.717) is 0 Å². The van der Waals surface area contributed by atoms with Crippen LogP contribution in [0.2, 0.25) is 0 Å². The van der Waals surface area contributed by atoms with Crippen molar-refractivity contribution < 1.29 is 4.39 Å². The van der Waals surface area contributed by atoms with Gasteiger partial charge in [-0.15, -0.1) is 0 Å². The molecule has 1 atom stereocenters. The first-order valence-electron chi connectivity index (χ1n) is 11.6. The summed E-state index contributed by atoms with van der Waals surface area (Å²) >= 11 is 0. The van der Waals surface area contributed by atoms with Crippen molar-refractivity contribution in [1.29, 1.82) is 0 Å². The zero-order valence-corrected chi connectivity index (χ0v) is 20.2. The van der Waals surface area contributed by atoms with Gasteiger partial charge in [-0.3, -0.25) is 14.6 Å². The van der Waals surface area contributed by atoms with E-state index in [0.717, 1.165) is 69.6 Å². The molecule has 0 aliphatic carbocycles. The zero-order chi connectivity index (χ0) is 23.1. The highest BCUT2D eigenvalue weighted by molar-refractivity contribution is 5.80. The van der Waals surface area contributed by atoms with Gasteiger partial charge in [0.15, 0.2) is 5.96 Å². The van der Waals surface area contributed by atoms with E-state index in [1.54, 1.807) is 0 Å². The minimum atomic E-state index is -0.185. The fraction of sp³-hybridized carbons (Fsp3) is 0.583. The summed E-state index contributed by atoms with van der Waals surface area (Å²) in [6.45, 7) is 14.9. The molecular formula is C24H38FN7. The second-order valence-electron chi connectivity index (χ2n) is 8.59.